The van der Waals surface area contributed by atoms with Gasteiger partial charge in [0.1, 0.15) is 5.82 Å². The van der Waals surface area contributed by atoms with Crippen molar-refractivity contribution in [3.05, 3.63) is 57.6 Å². The summed E-state index contributed by atoms with van der Waals surface area (Å²) in [4.78, 5) is 3.98. The first-order chi connectivity index (χ1) is 11.8. The Bertz CT molecular complexity index is 892. The van der Waals surface area contributed by atoms with E-state index in [1.165, 1.54) is 29.0 Å². The fourth-order valence-electron chi connectivity index (χ4n) is 3.04. The monoisotopic (exact) mass is 491 g/mol. The van der Waals surface area contributed by atoms with E-state index >= 15 is 0 Å². The molecule has 0 radical (unpaired) electrons. The molecule has 3 rings (SSSR count). The molecule has 5 nitrogen and oxygen atoms in total. The summed E-state index contributed by atoms with van der Waals surface area (Å²) >= 11 is 6.70. The van der Waals surface area contributed by atoms with E-state index in [1.54, 1.807) is 23.7 Å². The molecule has 1 aliphatic rings. The Kier molecular flexibility index (Phi) is 5.48. The molecule has 2 atom stereocenters. The summed E-state index contributed by atoms with van der Waals surface area (Å²) in [5, 5.41) is 0.0374. The van der Waals surface area contributed by atoms with Crippen molar-refractivity contribution in [2.45, 2.75) is 10.9 Å². The van der Waals surface area contributed by atoms with Gasteiger partial charge in [0.25, 0.3) is 10.0 Å². The van der Waals surface area contributed by atoms with E-state index < -0.39 is 10.0 Å². The van der Waals surface area contributed by atoms with Crippen molar-refractivity contribution in [2.75, 3.05) is 13.1 Å². The molecule has 2 unspecified atom stereocenters. The maximum Gasteiger partial charge on any atom is 0.262 e. The van der Waals surface area contributed by atoms with Gasteiger partial charge in [-0.15, -0.1) is 0 Å². The summed E-state index contributed by atoms with van der Waals surface area (Å²) in [5.41, 5.74) is 0.905. The lowest BCUT2D eigenvalue weighted by molar-refractivity contribution is 0.466. The fraction of sp³-hybridized carbons (Fsp3) is 0.312. The normalized spacial score (nSPS) is 21.4. The van der Waals surface area contributed by atoms with Crippen LogP contribution in [0.1, 0.15) is 11.5 Å². The largest absolute Gasteiger partial charge is 0.339 e. The lowest BCUT2D eigenvalue weighted by Crippen LogP contribution is -2.29. The van der Waals surface area contributed by atoms with Gasteiger partial charge in [0.2, 0.25) is 0 Å². The second-order valence-corrected chi connectivity index (χ2v) is 10.6. The molecule has 9 heteroatoms. The average Bonchev–Trinajstić information content (AvgIpc) is 3.15. The Hall–Kier alpha value is -1.03. The first-order valence-electron chi connectivity index (χ1n) is 7.54. The molecule has 0 saturated carbocycles. The Morgan fingerprint density at radius 1 is 1.28 bits per heavy atom. The molecule has 1 aromatic carbocycles. The smallest absolute Gasteiger partial charge is 0.262 e. The predicted molar refractivity (Wildman–Crippen MR) is 101 cm³/mol. The molecule has 0 bridgehead atoms. The lowest BCUT2D eigenvalue weighted by atomic mass is 9.89. The van der Waals surface area contributed by atoms with E-state index in [1.807, 2.05) is 6.08 Å². The van der Waals surface area contributed by atoms with Gasteiger partial charge in [0, 0.05) is 38.2 Å². The molecule has 134 valence electrons. The van der Waals surface area contributed by atoms with Gasteiger partial charge in [-0.3, -0.25) is 0 Å². The van der Waals surface area contributed by atoms with E-state index in [-0.39, 0.29) is 22.7 Å². The molecule has 0 spiro atoms. The second kappa shape index (κ2) is 7.30. The van der Waals surface area contributed by atoms with E-state index in [9.17, 15) is 12.8 Å². The van der Waals surface area contributed by atoms with E-state index in [0.717, 1.165) is 8.96 Å². The van der Waals surface area contributed by atoms with Crippen molar-refractivity contribution >= 4 is 41.9 Å². The summed E-state index contributed by atoms with van der Waals surface area (Å²) < 4.78 is 42.7. The van der Waals surface area contributed by atoms with Gasteiger partial charge in [-0.05, 0) is 49.6 Å². The first kappa shape index (κ1) is 18.8. The molecule has 2 aromatic rings. The topological polar surface area (TPSA) is 55.2 Å². The Morgan fingerprint density at radius 2 is 1.96 bits per heavy atom. The second-order valence-electron chi connectivity index (χ2n) is 5.98. The van der Waals surface area contributed by atoms with E-state index in [0.29, 0.717) is 13.1 Å². The van der Waals surface area contributed by atoms with Crippen molar-refractivity contribution in [3.8, 4) is 0 Å². The summed E-state index contributed by atoms with van der Waals surface area (Å²) in [6.07, 6.45) is 4.89. The molecule has 1 fully saturated rings. The zero-order chi connectivity index (χ0) is 18.2. The van der Waals surface area contributed by atoms with Crippen molar-refractivity contribution in [1.29, 1.82) is 0 Å². The maximum atomic E-state index is 13.2. The average molecular weight is 493 g/mol. The van der Waals surface area contributed by atoms with Crippen LogP contribution in [0.25, 0.3) is 0 Å². The van der Waals surface area contributed by atoms with Gasteiger partial charge in [-0.2, -0.15) is 4.31 Å². The highest BCUT2D eigenvalue weighted by atomic mass is 79.9. The lowest BCUT2D eigenvalue weighted by Gasteiger charge is -2.16. The molecule has 0 amide bonds. The van der Waals surface area contributed by atoms with Crippen LogP contribution in [0.4, 0.5) is 4.39 Å². The van der Waals surface area contributed by atoms with Crippen molar-refractivity contribution in [3.63, 3.8) is 0 Å². The number of hydrogen-bond acceptors (Lipinski definition) is 3. The third-order valence-corrected chi connectivity index (χ3v) is 6.50. The predicted octanol–water partition coefficient (Wildman–Crippen LogP) is 3.59. The van der Waals surface area contributed by atoms with Crippen LogP contribution in [0.5, 0.6) is 0 Å². The minimum absolute atomic E-state index is 0.0374. The standard InChI is InChI=1S/C16H16Br2FN3O2S/c1-21-9-16(20-10-21)25(23,24)22-7-12(6-15(17)18)14(8-22)11-2-4-13(19)5-3-11/h2-6,9-10,12,14H,7-8H2,1H3. The third kappa shape index (κ3) is 4.05. The highest BCUT2D eigenvalue weighted by Crippen LogP contribution is 2.38. The molecule has 2 heterocycles. The quantitative estimate of drug-likeness (QED) is 0.655. The highest BCUT2D eigenvalue weighted by molar-refractivity contribution is 9.28. The molecule has 0 N–H and O–H groups in total. The molecular formula is C16H16Br2FN3O2S. The van der Waals surface area contributed by atoms with Crippen LogP contribution in [-0.4, -0.2) is 35.4 Å². The Morgan fingerprint density at radius 3 is 2.52 bits per heavy atom. The number of benzene rings is 1. The summed E-state index contributed by atoms with van der Waals surface area (Å²) in [6.45, 7) is 0.653. The molecule has 25 heavy (non-hydrogen) atoms. The SMILES string of the molecule is Cn1cnc(S(=O)(=O)N2CC(C=C(Br)Br)C(c3ccc(F)cc3)C2)c1. The van der Waals surface area contributed by atoms with Crippen molar-refractivity contribution in [2.24, 2.45) is 13.0 Å². The zero-order valence-corrected chi connectivity index (χ0v) is 17.3. The fourth-order valence-corrected chi connectivity index (χ4v) is 5.18. The molecule has 1 saturated heterocycles. The Labute approximate surface area is 162 Å². The summed E-state index contributed by atoms with van der Waals surface area (Å²) in [7, 11) is -1.94. The first-order valence-corrected chi connectivity index (χ1v) is 10.6. The van der Waals surface area contributed by atoms with Gasteiger partial charge < -0.3 is 4.57 Å². The number of sulfonamides is 1. The molecule has 1 aromatic heterocycles. The number of rotatable bonds is 4. The zero-order valence-electron chi connectivity index (χ0n) is 13.3. The molecular weight excluding hydrogens is 477 g/mol. The summed E-state index contributed by atoms with van der Waals surface area (Å²) in [6, 6.07) is 6.21. The van der Waals surface area contributed by atoms with Crippen LogP contribution in [0.3, 0.4) is 0 Å². The van der Waals surface area contributed by atoms with Crippen LogP contribution in [0, 0.1) is 11.7 Å². The van der Waals surface area contributed by atoms with Crippen molar-refractivity contribution < 1.29 is 12.8 Å². The van der Waals surface area contributed by atoms with Gasteiger partial charge in [-0.25, -0.2) is 17.8 Å². The third-order valence-electron chi connectivity index (χ3n) is 4.26. The number of halogens is 3. The maximum absolute atomic E-state index is 13.2. The van der Waals surface area contributed by atoms with Gasteiger partial charge in [0.05, 0.1) is 9.72 Å². The minimum Gasteiger partial charge on any atom is -0.339 e. The van der Waals surface area contributed by atoms with Gasteiger partial charge in [-0.1, -0.05) is 18.2 Å². The minimum atomic E-state index is -3.67. The number of aryl methyl sites for hydroxylation is 1. The number of imidazole rings is 1. The van der Waals surface area contributed by atoms with Crippen molar-refractivity contribution in [1.82, 2.24) is 13.9 Å². The van der Waals surface area contributed by atoms with Crippen LogP contribution >= 0.6 is 31.9 Å². The van der Waals surface area contributed by atoms with Gasteiger partial charge in [0.15, 0.2) is 5.03 Å². The van der Waals surface area contributed by atoms with Crippen LogP contribution < -0.4 is 0 Å². The van der Waals surface area contributed by atoms with Crippen LogP contribution in [0.15, 0.2) is 51.3 Å². The van der Waals surface area contributed by atoms with E-state index in [2.05, 4.69) is 36.8 Å². The number of nitrogens with zero attached hydrogens (tertiary/aromatic N) is 3. The van der Waals surface area contributed by atoms with Crippen LogP contribution in [0.2, 0.25) is 0 Å². The number of aromatic nitrogens is 2. The molecule has 1 aliphatic heterocycles. The molecule has 0 aliphatic carbocycles. The highest BCUT2D eigenvalue weighted by Gasteiger charge is 2.40. The van der Waals surface area contributed by atoms with Crippen LogP contribution in [-0.2, 0) is 17.1 Å². The summed E-state index contributed by atoms with van der Waals surface area (Å²) in [5.74, 6) is -0.421. The number of hydrogen-bond donors (Lipinski definition) is 0. The Balaban J connectivity index is 1.94. The van der Waals surface area contributed by atoms with E-state index in [4.69, 9.17) is 0 Å². The van der Waals surface area contributed by atoms with Gasteiger partial charge >= 0.3 is 0 Å².